The van der Waals surface area contributed by atoms with Crippen LogP contribution in [0.3, 0.4) is 0 Å². The minimum absolute atomic E-state index is 0.0843. The van der Waals surface area contributed by atoms with Crippen LogP contribution in [0, 0.1) is 6.92 Å². The molecule has 1 aliphatic carbocycles. The molecule has 3 rings (SSSR count). The molecule has 1 aromatic carbocycles. The van der Waals surface area contributed by atoms with Crippen LogP contribution in [0.25, 0.3) is 0 Å². The third-order valence-corrected chi connectivity index (χ3v) is 4.68. The van der Waals surface area contributed by atoms with Crippen molar-refractivity contribution in [2.45, 2.75) is 51.9 Å². The fourth-order valence-electron chi connectivity index (χ4n) is 3.30. The van der Waals surface area contributed by atoms with Gasteiger partial charge in [-0.25, -0.2) is 0 Å². The minimum Gasteiger partial charge on any atom is -0.465 e. The summed E-state index contributed by atoms with van der Waals surface area (Å²) in [6, 6.07) is 10.00. The van der Waals surface area contributed by atoms with E-state index < -0.39 is 0 Å². The maximum absolute atomic E-state index is 12.6. The van der Waals surface area contributed by atoms with Crippen LogP contribution in [0.5, 0.6) is 0 Å². The molecule has 1 heterocycles. The summed E-state index contributed by atoms with van der Waals surface area (Å²) in [6.07, 6.45) is 3.80. The molecule has 0 saturated heterocycles. The number of Topliss-reactive ketones (excluding diaryl/α,β-unsaturated/α-hetero) is 1. The Morgan fingerprint density at radius 1 is 1.13 bits per heavy atom. The fourth-order valence-corrected chi connectivity index (χ4v) is 3.30. The van der Waals surface area contributed by atoms with Crippen LogP contribution in [0.1, 0.15) is 65.1 Å². The summed E-state index contributed by atoms with van der Waals surface area (Å²) in [5.41, 5.74) is 1.89. The molecule has 0 N–H and O–H groups in total. The normalized spacial score (nSPS) is 17.1. The van der Waals surface area contributed by atoms with Crippen molar-refractivity contribution in [1.82, 2.24) is 0 Å². The molecule has 0 spiro atoms. The molecule has 1 aromatic heterocycles. The zero-order valence-corrected chi connectivity index (χ0v) is 13.7. The first-order chi connectivity index (χ1) is 11.1. The molecule has 1 aliphatic rings. The van der Waals surface area contributed by atoms with Crippen LogP contribution in [-0.4, -0.2) is 5.78 Å². The van der Waals surface area contributed by atoms with E-state index in [1.807, 2.05) is 30.3 Å². The van der Waals surface area contributed by atoms with E-state index in [4.69, 9.17) is 4.42 Å². The summed E-state index contributed by atoms with van der Waals surface area (Å²) in [5, 5.41) is 0. The Morgan fingerprint density at radius 3 is 2.57 bits per heavy atom. The third-order valence-electron chi connectivity index (χ3n) is 4.68. The van der Waals surface area contributed by atoms with Gasteiger partial charge in [-0.3, -0.25) is 9.59 Å². The third kappa shape index (κ3) is 3.00. The molecule has 0 fully saturated rings. The highest BCUT2D eigenvalue weighted by Crippen LogP contribution is 2.32. The monoisotopic (exact) mass is 310 g/mol. The van der Waals surface area contributed by atoms with Gasteiger partial charge < -0.3 is 4.42 Å². The Hall–Kier alpha value is -2.16. The summed E-state index contributed by atoms with van der Waals surface area (Å²) < 4.78 is 6.01. The maximum Gasteiger partial charge on any atom is 0.199 e. The van der Waals surface area contributed by atoms with Crippen LogP contribution < -0.4 is 5.43 Å². The van der Waals surface area contributed by atoms with Gasteiger partial charge in [-0.2, -0.15) is 0 Å². The highest BCUT2D eigenvalue weighted by atomic mass is 16.3. The number of hydrogen-bond donors (Lipinski definition) is 0. The average molecular weight is 310 g/mol. The molecule has 0 bridgehead atoms. The number of hydrogen-bond acceptors (Lipinski definition) is 3. The van der Waals surface area contributed by atoms with Gasteiger partial charge in [-0.05, 0) is 24.8 Å². The van der Waals surface area contributed by atoms with Crippen LogP contribution in [0.2, 0.25) is 0 Å². The first-order valence-corrected chi connectivity index (χ1v) is 8.35. The van der Waals surface area contributed by atoms with Crippen LogP contribution in [-0.2, 0) is 12.8 Å². The smallest absolute Gasteiger partial charge is 0.199 e. The van der Waals surface area contributed by atoms with Crippen LogP contribution >= 0.6 is 0 Å². The minimum atomic E-state index is -0.131. The molecule has 0 saturated carbocycles. The molecular formula is C20H22O3. The highest BCUT2D eigenvalue weighted by Gasteiger charge is 2.31. The SMILES string of the molecule is CCCCc1oc2c(c(=O)c1C)C(=O)C[C@@H](c1ccccc1)C2. The Morgan fingerprint density at radius 2 is 1.87 bits per heavy atom. The van der Waals surface area contributed by atoms with Crippen molar-refractivity contribution < 1.29 is 9.21 Å². The van der Waals surface area contributed by atoms with Gasteiger partial charge in [0.2, 0.25) is 0 Å². The summed E-state index contributed by atoms with van der Waals surface area (Å²) in [6.45, 7) is 3.88. The quantitative estimate of drug-likeness (QED) is 0.850. The lowest BCUT2D eigenvalue weighted by molar-refractivity contribution is 0.0955. The predicted octanol–water partition coefficient (Wildman–Crippen LogP) is 4.20. The molecule has 2 aromatic rings. The molecule has 0 radical (unpaired) electrons. The van der Waals surface area contributed by atoms with E-state index >= 15 is 0 Å². The standard InChI is InChI=1S/C20H22O3/c1-3-4-10-17-13(2)20(22)19-16(21)11-15(12-18(19)23-17)14-8-6-5-7-9-14/h5-9,15H,3-4,10-12H2,1-2H3/t15-/m1/s1. The lowest BCUT2D eigenvalue weighted by atomic mass is 9.81. The molecular weight excluding hydrogens is 288 g/mol. The fraction of sp³-hybridized carbons (Fsp3) is 0.400. The number of aryl methyl sites for hydroxylation is 1. The van der Waals surface area contributed by atoms with E-state index in [-0.39, 0.29) is 22.7 Å². The molecule has 3 nitrogen and oxygen atoms in total. The Labute approximate surface area is 136 Å². The van der Waals surface area contributed by atoms with Gasteiger partial charge >= 0.3 is 0 Å². The van der Waals surface area contributed by atoms with Crippen molar-refractivity contribution >= 4 is 5.78 Å². The van der Waals surface area contributed by atoms with Gasteiger partial charge in [0.15, 0.2) is 11.2 Å². The van der Waals surface area contributed by atoms with Gasteiger partial charge in [0.1, 0.15) is 17.1 Å². The molecule has 23 heavy (non-hydrogen) atoms. The van der Waals surface area contributed by atoms with E-state index in [1.165, 1.54) is 0 Å². The van der Waals surface area contributed by atoms with Crippen molar-refractivity contribution in [1.29, 1.82) is 0 Å². The number of rotatable bonds is 4. The molecule has 0 unspecified atom stereocenters. The van der Waals surface area contributed by atoms with Gasteiger partial charge in [-0.1, -0.05) is 43.7 Å². The number of ketones is 1. The first-order valence-electron chi connectivity index (χ1n) is 8.35. The van der Waals surface area contributed by atoms with Crippen molar-refractivity contribution in [2.24, 2.45) is 0 Å². The van der Waals surface area contributed by atoms with E-state index in [0.29, 0.717) is 24.2 Å². The van der Waals surface area contributed by atoms with E-state index in [9.17, 15) is 9.59 Å². The van der Waals surface area contributed by atoms with Crippen molar-refractivity contribution in [2.75, 3.05) is 0 Å². The largest absolute Gasteiger partial charge is 0.465 e. The second kappa shape index (κ2) is 6.53. The van der Waals surface area contributed by atoms with E-state index in [1.54, 1.807) is 6.92 Å². The van der Waals surface area contributed by atoms with Crippen LogP contribution in [0.15, 0.2) is 39.5 Å². The predicted molar refractivity (Wildman–Crippen MR) is 90.2 cm³/mol. The van der Waals surface area contributed by atoms with Crippen molar-refractivity contribution in [3.05, 3.63) is 68.8 Å². The Balaban J connectivity index is 2.01. The lowest BCUT2D eigenvalue weighted by Gasteiger charge is -2.23. The molecule has 1 atom stereocenters. The van der Waals surface area contributed by atoms with Crippen molar-refractivity contribution in [3.63, 3.8) is 0 Å². The lowest BCUT2D eigenvalue weighted by Crippen LogP contribution is -2.28. The van der Waals surface area contributed by atoms with Gasteiger partial charge in [0.05, 0.1) is 0 Å². The average Bonchev–Trinajstić information content (AvgIpc) is 2.57. The summed E-state index contributed by atoms with van der Waals surface area (Å²) in [7, 11) is 0. The van der Waals surface area contributed by atoms with E-state index in [0.717, 1.165) is 30.6 Å². The first kappa shape index (κ1) is 15.7. The number of carbonyl (C=O) groups excluding carboxylic acids is 1. The summed E-state index contributed by atoms with van der Waals surface area (Å²) in [5.74, 6) is 1.34. The highest BCUT2D eigenvalue weighted by molar-refractivity contribution is 5.98. The number of benzene rings is 1. The second-order valence-electron chi connectivity index (χ2n) is 6.32. The Kier molecular flexibility index (Phi) is 4.46. The topological polar surface area (TPSA) is 47.3 Å². The van der Waals surface area contributed by atoms with Gasteiger partial charge in [-0.15, -0.1) is 0 Å². The summed E-state index contributed by atoms with van der Waals surface area (Å²) >= 11 is 0. The number of fused-ring (bicyclic) bond motifs is 1. The Bertz CT molecular complexity index is 771. The second-order valence-corrected chi connectivity index (χ2v) is 6.32. The molecule has 120 valence electrons. The zero-order valence-electron chi connectivity index (χ0n) is 13.7. The van der Waals surface area contributed by atoms with Crippen molar-refractivity contribution in [3.8, 4) is 0 Å². The van der Waals surface area contributed by atoms with Crippen LogP contribution in [0.4, 0.5) is 0 Å². The number of carbonyl (C=O) groups is 1. The van der Waals surface area contributed by atoms with Gasteiger partial charge in [0, 0.05) is 24.8 Å². The molecule has 3 heteroatoms. The number of unbranched alkanes of at least 4 members (excludes halogenated alkanes) is 1. The zero-order chi connectivity index (χ0) is 16.4. The summed E-state index contributed by atoms with van der Waals surface area (Å²) in [4.78, 5) is 25.1. The van der Waals surface area contributed by atoms with E-state index in [2.05, 4.69) is 6.92 Å². The maximum atomic E-state index is 12.6. The van der Waals surface area contributed by atoms with Gasteiger partial charge in [0.25, 0.3) is 0 Å². The molecule has 0 aliphatic heterocycles. The molecule has 0 amide bonds.